The van der Waals surface area contributed by atoms with Crippen molar-refractivity contribution < 1.29 is 9.84 Å². The number of aryl methyl sites for hydroxylation is 1. The average molecular weight is 225 g/mol. The van der Waals surface area contributed by atoms with E-state index in [0.717, 1.165) is 25.3 Å². The Kier molecular flexibility index (Phi) is 3.58. The summed E-state index contributed by atoms with van der Waals surface area (Å²) < 4.78 is 7.41. The minimum atomic E-state index is -0.592. The molecule has 1 aliphatic rings. The Balaban J connectivity index is 2.09. The van der Waals surface area contributed by atoms with Gasteiger partial charge in [0.1, 0.15) is 12.2 Å². The van der Waals surface area contributed by atoms with Crippen LogP contribution in [-0.2, 0) is 11.3 Å². The fraction of sp³-hybridized carbons (Fsp3) is 0.727. The lowest BCUT2D eigenvalue weighted by molar-refractivity contribution is -0.0868. The van der Waals surface area contributed by atoms with E-state index in [9.17, 15) is 5.11 Å². The van der Waals surface area contributed by atoms with Gasteiger partial charge in [-0.25, -0.2) is 0 Å². The van der Waals surface area contributed by atoms with Gasteiger partial charge in [0.25, 0.3) is 0 Å². The second-order valence-electron chi connectivity index (χ2n) is 4.19. The van der Waals surface area contributed by atoms with Crippen molar-refractivity contribution in [3.8, 4) is 0 Å². The molecule has 0 aromatic carbocycles. The fourth-order valence-electron chi connectivity index (χ4n) is 2.05. The van der Waals surface area contributed by atoms with Gasteiger partial charge in [-0.05, 0) is 20.0 Å². The van der Waals surface area contributed by atoms with Crippen LogP contribution >= 0.6 is 0 Å². The highest BCUT2D eigenvalue weighted by molar-refractivity contribution is 5.07. The first-order valence-corrected chi connectivity index (χ1v) is 5.72. The Morgan fingerprint density at radius 3 is 3.19 bits per heavy atom. The molecule has 5 nitrogen and oxygen atoms in total. The van der Waals surface area contributed by atoms with Crippen LogP contribution in [0.5, 0.6) is 0 Å². The SMILES string of the molecule is CCn1nccc1C(O)C1CN(C)CCO1. The average Bonchev–Trinajstić information content (AvgIpc) is 2.76. The van der Waals surface area contributed by atoms with Gasteiger partial charge < -0.3 is 14.7 Å². The van der Waals surface area contributed by atoms with Gasteiger partial charge in [-0.2, -0.15) is 5.10 Å². The number of ether oxygens (including phenoxy) is 1. The minimum absolute atomic E-state index is 0.152. The molecule has 0 amide bonds. The number of rotatable bonds is 3. The van der Waals surface area contributed by atoms with Crippen molar-refractivity contribution in [3.63, 3.8) is 0 Å². The third kappa shape index (κ3) is 2.26. The third-order valence-electron chi connectivity index (χ3n) is 3.00. The third-order valence-corrected chi connectivity index (χ3v) is 3.00. The molecule has 1 fully saturated rings. The fourth-order valence-corrected chi connectivity index (χ4v) is 2.05. The van der Waals surface area contributed by atoms with Crippen LogP contribution in [0.4, 0.5) is 0 Å². The summed E-state index contributed by atoms with van der Waals surface area (Å²) in [6.45, 7) is 5.14. The highest BCUT2D eigenvalue weighted by Crippen LogP contribution is 2.21. The topological polar surface area (TPSA) is 50.5 Å². The Hall–Kier alpha value is -0.910. The van der Waals surface area contributed by atoms with Crippen LogP contribution in [0, 0.1) is 0 Å². The van der Waals surface area contributed by atoms with Gasteiger partial charge in [-0.15, -0.1) is 0 Å². The van der Waals surface area contributed by atoms with E-state index < -0.39 is 6.10 Å². The van der Waals surface area contributed by atoms with E-state index >= 15 is 0 Å². The van der Waals surface area contributed by atoms with Crippen molar-refractivity contribution in [2.24, 2.45) is 0 Å². The van der Waals surface area contributed by atoms with E-state index in [1.54, 1.807) is 6.20 Å². The molecular formula is C11H19N3O2. The standard InChI is InChI=1S/C11H19N3O2/c1-3-14-9(4-5-12-14)11(15)10-8-13(2)6-7-16-10/h4-5,10-11,15H,3,6-8H2,1-2H3. The van der Waals surface area contributed by atoms with E-state index in [2.05, 4.69) is 10.00 Å². The molecule has 1 saturated heterocycles. The maximum atomic E-state index is 10.3. The van der Waals surface area contributed by atoms with Crippen LogP contribution in [-0.4, -0.2) is 52.6 Å². The first-order chi connectivity index (χ1) is 7.72. The molecule has 0 radical (unpaired) electrons. The zero-order valence-electron chi connectivity index (χ0n) is 9.83. The molecule has 0 spiro atoms. The molecule has 0 aliphatic carbocycles. The molecule has 2 atom stereocenters. The summed E-state index contributed by atoms with van der Waals surface area (Å²) >= 11 is 0. The number of aliphatic hydroxyl groups is 1. The molecule has 1 aromatic heterocycles. The van der Waals surface area contributed by atoms with Crippen LogP contribution in [0.3, 0.4) is 0 Å². The molecule has 16 heavy (non-hydrogen) atoms. The van der Waals surface area contributed by atoms with Crippen LogP contribution in [0.1, 0.15) is 18.7 Å². The van der Waals surface area contributed by atoms with E-state index in [1.165, 1.54) is 0 Å². The van der Waals surface area contributed by atoms with Gasteiger partial charge in [0.2, 0.25) is 0 Å². The van der Waals surface area contributed by atoms with Gasteiger partial charge >= 0.3 is 0 Å². The monoisotopic (exact) mass is 225 g/mol. The van der Waals surface area contributed by atoms with Crippen LogP contribution in [0.2, 0.25) is 0 Å². The largest absolute Gasteiger partial charge is 0.384 e. The maximum Gasteiger partial charge on any atom is 0.123 e. The van der Waals surface area contributed by atoms with Crippen molar-refractivity contribution >= 4 is 0 Å². The first kappa shape index (κ1) is 11.6. The number of aliphatic hydroxyl groups excluding tert-OH is 1. The second-order valence-corrected chi connectivity index (χ2v) is 4.19. The minimum Gasteiger partial charge on any atom is -0.384 e. The molecule has 1 N–H and O–H groups in total. The highest BCUT2D eigenvalue weighted by atomic mass is 16.5. The van der Waals surface area contributed by atoms with Crippen LogP contribution < -0.4 is 0 Å². The summed E-state index contributed by atoms with van der Waals surface area (Å²) in [6, 6.07) is 1.85. The zero-order chi connectivity index (χ0) is 11.5. The Bertz CT molecular complexity index is 340. The smallest absolute Gasteiger partial charge is 0.123 e. The normalized spacial score (nSPS) is 24.6. The zero-order valence-corrected chi connectivity index (χ0v) is 9.83. The van der Waals surface area contributed by atoms with Crippen molar-refractivity contribution in [1.82, 2.24) is 14.7 Å². The van der Waals surface area contributed by atoms with Crippen LogP contribution in [0.15, 0.2) is 12.3 Å². The number of likely N-dealkylation sites (N-methyl/N-ethyl adjacent to an activating group) is 1. The molecule has 2 rings (SSSR count). The van der Waals surface area contributed by atoms with E-state index in [0.29, 0.717) is 6.61 Å². The van der Waals surface area contributed by atoms with Gasteiger partial charge in [-0.1, -0.05) is 0 Å². The molecule has 90 valence electrons. The molecule has 1 aliphatic heterocycles. The maximum absolute atomic E-state index is 10.3. The summed E-state index contributed by atoms with van der Waals surface area (Å²) in [5.74, 6) is 0. The summed E-state index contributed by atoms with van der Waals surface area (Å²) in [7, 11) is 2.04. The molecule has 1 aromatic rings. The number of hydrogen-bond acceptors (Lipinski definition) is 4. The first-order valence-electron chi connectivity index (χ1n) is 5.72. The van der Waals surface area contributed by atoms with Crippen molar-refractivity contribution in [2.75, 3.05) is 26.7 Å². The second kappa shape index (κ2) is 4.95. The summed E-state index contributed by atoms with van der Waals surface area (Å²) in [5.41, 5.74) is 0.836. The Morgan fingerprint density at radius 1 is 1.69 bits per heavy atom. The van der Waals surface area contributed by atoms with Gasteiger partial charge in [0, 0.05) is 25.8 Å². The predicted octanol–water partition coefficient (Wildman–Crippen LogP) is 0.267. The number of hydrogen-bond donors (Lipinski definition) is 1. The molecular weight excluding hydrogens is 206 g/mol. The molecule has 0 saturated carbocycles. The molecule has 5 heteroatoms. The molecule has 2 unspecified atom stereocenters. The van der Waals surface area contributed by atoms with Gasteiger partial charge in [0.05, 0.1) is 12.3 Å². The lowest BCUT2D eigenvalue weighted by atomic mass is 10.1. The Morgan fingerprint density at radius 2 is 2.50 bits per heavy atom. The molecule has 2 heterocycles. The summed E-state index contributed by atoms with van der Waals surface area (Å²) in [4.78, 5) is 2.17. The van der Waals surface area contributed by atoms with Crippen molar-refractivity contribution in [3.05, 3.63) is 18.0 Å². The Labute approximate surface area is 95.6 Å². The van der Waals surface area contributed by atoms with E-state index in [4.69, 9.17) is 4.74 Å². The predicted molar refractivity (Wildman–Crippen MR) is 60.1 cm³/mol. The van der Waals surface area contributed by atoms with Gasteiger partial charge in [-0.3, -0.25) is 4.68 Å². The van der Waals surface area contributed by atoms with E-state index in [1.807, 2.05) is 24.7 Å². The lowest BCUT2D eigenvalue weighted by Gasteiger charge is -2.32. The molecule has 0 bridgehead atoms. The van der Waals surface area contributed by atoms with Crippen molar-refractivity contribution in [2.45, 2.75) is 25.7 Å². The summed E-state index contributed by atoms with van der Waals surface area (Å²) in [6.07, 6.45) is 0.972. The quantitative estimate of drug-likeness (QED) is 0.802. The number of aromatic nitrogens is 2. The summed E-state index contributed by atoms with van der Waals surface area (Å²) in [5, 5.41) is 14.4. The van der Waals surface area contributed by atoms with Crippen LogP contribution in [0.25, 0.3) is 0 Å². The lowest BCUT2D eigenvalue weighted by Crippen LogP contribution is -2.43. The highest BCUT2D eigenvalue weighted by Gasteiger charge is 2.28. The number of nitrogens with zero attached hydrogens (tertiary/aromatic N) is 3. The van der Waals surface area contributed by atoms with E-state index in [-0.39, 0.29) is 6.10 Å². The van der Waals surface area contributed by atoms with Gasteiger partial charge in [0.15, 0.2) is 0 Å². The number of morpholine rings is 1. The van der Waals surface area contributed by atoms with Crippen molar-refractivity contribution in [1.29, 1.82) is 0 Å².